The van der Waals surface area contributed by atoms with Crippen LogP contribution in [0.5, 0.6) is 0 Å². The molecule has 3 N–H and O–H groups in total. The summed E-state index contributed by atoms with van der Waals surface area (Å²) in [6.45, 7) is -0.0107. The summed E-state index contributed by atoms with van der Waals surface area (Å²) in [7, 11) is 0. The topological polar surface area (TPSA) is 60.7 Å². The molecule has 0 aromatic carbocycles. The van der Waals surface area contributed by atoms with E-state index in [0.29, 0.717) is 6.42 Å². The normalized spacial score (nSPS) is 12.0. The second-order valence-electron chi connectivity index (χ2n) is 1.68. The molecule has 0 aromatic rings. The van der Waals surface area contributed by atoms with Gasteiger partial charge in [-0.25, -0.2) is 0 Å². The van der Waals surface area contributed by atoms with Crippen molar-refractivity contribution in [3.63, 3.8) is 0 Å². The lowest BCUT2D eigenvalue weighted by molar-refractivity contribution is 0.264. The molecule has 0 aliphatic carbocycles. The van der Waals surface area contributed by atoms with Gasteiger partial charge in [0.2, 0.25) is 0 Å². The van der Waals surface area contributed by atoms with E-state index in [2.05, 4.69) is 0 Å². The molecule has 0 aliphatic rings. The third-order valence-corrected chi connectivity index (χ3v) is 0.877. The van der Waals surface area contributed by atoms with Crippen molar-refractivity contribution >= 4 is 0 Å². The highest BCUT2D eigenvalue weighted by atomic mass is 16.3. The van der Waals surface area contributed by atoms with E-state index in [-0.39, 0.29) is 25.4 Å². The molecule has 0 unspecified atom stereocenters. The Morgan fingerprint density at radius 3 is 2.33 bits per heavy atom. The maximum atomic E-state index is 8.77. The minimum atomic E-state index is -0.0479. The Morgan fingerprint density at radius 1 is 1.22 bits per heavy atom. The van der Waals surface area contributed by atoms with Gasteiger partial charge in [-0.15, -0.1) is 0 Å². The molecule has 0 bridgehead atoms. The Kier molecular flexibility index (Phi) is 5.26. The van der Waals surface area contributed by atoms with Crippen molar-refractivity contribution in [3.05, 3.63) is 11.8 Å². The third kappa shape index (κ3) is 5.33. The molecule has 0 fully saturated rings. The Morgan fingerprint density at radius 2 is 1.89 bits per heavy atom. The van der Waals surface area contributed by atoms with Crippen molar-refractivity contribution in [3.8, 4) is 0 Å². The maximum absolute atomic E-state index is 8.77. The molecular formula is C6H12O3. The predicted molar refractivity (Wildman–Crippen MR) is 34.1 cm³/mol. The second kappa shape index (κ2) is 5.59. The van der Waals surface area contributed by atoms with Crippen molar-refractivity contribution in [2.24, 2.45) is 0 Å². The highest BCUT2D eigenvalue weighted by Gasteiger charge is 1.88. The molecular weight excluding hydrogens is 120 g/mol. The van der Waals surface area contributed by atoms with Crippen LogP contribution in [0, 0.1) is 0 Å². The fourth-order valence-corrected chi connectivity index (χ4v) is 0.448. The van der Waals surface area contributed by atoms with Gasteiger partial charge >= 0.3 is 0 Å². The zero-order valence-electron chi connectivity index (χ0n) is 5.25. The summed E-state index contributed by atoms with van der Waals surface area (Å²) >= 11 is 0. The molecule has 0 aromatic heterocycles. The van der Waals surface area contributed by atoms with Crippen LogP contribution in [-0.2, 0) is 0 Å². The minimum absolute atomic E-state index is 0.0372. The average Bonchev–Trinajstić information content (AvgIpc) is 1.85. The molecule has 0 radical (unpaired) electrons. The first kappa shape index (κ1) is 8.46. The molecule has 0 rings (SSSR count). The third-order valence-electron chi connectivity index (χ3n) is 0.877. The number of hydrogen-bond donors (Lipinski definition) is 3. The fraction of sp³-hybridized carbons (Fsp3) is 0.667. The van der Waals surface area contributed by atoms with E-state index in [0.717, 1.165) is 0 Å². The highest BCUT2D eigenvalue weighted by Crippen LogP contribution is 1.95. The number of aliphatic hydroxyl groups excluding tert-OH is 3. The number of aliphatic hydroxyl groups is 3. The second-order valence-corrected chi connectivity index (χ2v) is 1.68. The summed E-state index contributed by atoms with van der Waals surface area (Å²) in [5, 5.41) is 25.3. The molecule has 0 saturated carbocycles. The van der Waals surface area contributed by atoms with E-state index < -0.39 is 0 Å². The summed E-state index contributed by atoms with van der Waals surface area (Å²) < 4.78 is 0. The van der Waals surface area contributed by atoms with Crippen molar-refractivity contribution in [2.75, 3.05) is 13.2 Å². The first-order valence-corrected chi connectivity index (χ1v) is 2.91. The Labute approximate surface area is 54.3 Å². The minimum Gasteiger partial charge on any atom is -0.513 e. The standard InChI is InChI=1S/C6H12O3/c7-4-1-2-6(9)3-5-8/h2,7-9H,1,3-5H2/b6-2+. The molecule has 3 nitrogen and oxygen atoms in total. The van der Waals surface area contributed by atoms with E-state index in [4.69, 9.17) is 15.3 Å². The van der Waals surface area contributed by atoms with E-state index in [9.17, 15) is 0 Å². The maximum Gasteiger partial charge on any atom is 0.0906 e. The summed E-state index contributed by atoms with van der Waals surface area (Å²) in [5.41, 5.74) is 0. The Bertz CT molecular complexity index is 88.3. The molecule has 0 aliphatic heterocycles. The van der Waals surface area contributed by atoms with Crippen LogP contribution in [0.1, 0.15) is 12.8 Å². The molecule has 54 valence electrons. The van der Waals surface area contributed by atoms with Gasteiger partial charge in [-0.3, -0.25) is 0 Å². The van der Waals surface area contributed by atoms with E-state index in [1.54, 1.807) is 0 Å². The zero-order valence-corrected chi connectivity index (χ0v) is 5.25. The molecule has 0 atom stereocenters. The van der Waals surface area contributed by atoms with Crippen LogP contribution in [0.15, 0.2) is 11.8 Å². The smallest absolute Gasteiger partial charge is 0.0906 e. The molecule has 0 saturated heterocycles. The van der Waals surface area contributed by atoms with Crippen molar-refractivity contribution < 1.29 is 15.3 Å². The van der Waals surface area contributed by atoms with Gasteiger partial charge in [0, 0.05) is 13.0 Å². The van der Waals surface area contributed by atoms with E-state index in [1.807, 2.05) is 0 Å². The summed E-state index contributed by atoms with van der Waals surface area (Å²) in [4.78, 5) is 0. The molecule has 0 heterocycles. The first-order chi connectivity index (χ1) is 4.31. The van der Waals surface area contributed by atoms with Crippen LogP contribution in [-0.4, -0.2) is 28.5 Å². The van der Waals surface area contributed by atoms with E-state index in [1.165, 1.54) is 6.08 Å². The summed E-state index contributed by atoms with van der Waals surface area (Å²) in [6.07, 6.45) is 2.22. The lowest BCUT2D eigenvalue weighted by Crippen LogP contribution is -1.88. The van der Waals surface area contributed by atoms with Gasteiger partial charge < -0.3 is 15.3 Å². The Hall–Kier alpha value is -0.540. The van der Waals surface area contributed by atoms with Crippen LogP contribution < -0.4 is 0 Å². The number of hydrogen-bond acceptors (Lipinski definition) is 3. The first-order valence-electron chi connectivity index (χ1n) is 2.91. The monoisotopic (exact) mass is 132 g/mol. The van der Waals surface area contributed by atoms with Crippen molar-refractivity contribution in [2.45, 2.75) is 12.8 Å². The quantitative estimate of drug-likeness (QED) is 0.478. The lowest BCUT2D eigenvalue weighted by atomic mass is 10.3. The summed E-state index contributed by atoms with van der Waals surface area (Å²) in [5.74, 6) is 0.145. The average molecular weight is 132 g/mol. The summed E-state index contributed by atoms with van der Waals surface area (Å²) in [6, 6.07) is 0. The molecule has 9 heavy (non-hydrogen) atoms. The molecule has 0 amide bonds. The van der Waals surface area contributed by atoms with Gasteiger partial charge in [0.05, 0.1) is 12.4 Å². The van der Waals surface area contributed by atoms with Crippen molar-refractivity contribution in [1.29, 1.82) is 0 Å². The number of rotatable bonds is 4. The highest BCUT2D eigenvalue weighted by molar-refractivity contribution is 4.89. The van der Waals surface area contributed by atoms with Crippen LogP contribution in [0.3, 0.4) is 0 Å². The van der Waals surface area contributed by atoms with Crippen molar-refractivity contribution in [1.82, 2.24) is 0 Å². The molecule has 0 spiro atoms. The van der Waals surface area contributed by atoms with Crippen LogP contribution in [0.4, 0.5) is 0 Å². The Balaban J connectivity index is 3.30. The lowest BCUT2D eigenvalue weighted by Gasteiger charge is -1.93. The van der Waals surface area contributed by atoms with Gasteiger partial charge in [0.25, 0.3) is 0 Å². The van der Waals surface area contributed by atoms with Gasteiger partial charge in [-0.2, -0.15) is 0 Å². The van der Waals surface area contributed by atoms with Crippen LogP contribution in [0.25, 0.3) is 0 Å². The van der Waals surface area contributed by atoms with E-state index >= 15 is 0 Å². The van der Waals surface area contributed by atoms with Gasteiger partial charge in [-0.1, -0.05) is 0 Å². The van der Waals surface area contributed by atoms with Gasteiger partial charge in [0.1, 0.15) is 0 Å². The predicted octanol–water partition coefficient (Wildman–Crippen LogP) is 0.193. The zero-order chi connectivity index (χ0) is 7.11. The van der Waals surface area contributed by atoms with Gasteiger partial charge in [0.15, 0.2) is 0 Å². The van der Waals surface area contributed by atoms with Gasteiger partial charge in [-0.05, 0) is 12.5 Å². The van der Waals surface area contributed by atoms with Crippen LogP contribution in [0.2, 0.25) is 0 Å². The van der Waals surface area contributed by atoms with Crippen LogP contribution >= 0.6 is 0 Å². The largest absolute Gasteiger partial charge is 0.513 e. The SMILES string of the molecule is OCC/C=C(/O)CCO. The fourth-order valence-electron chi connectivity index (χ4n) is 0.448. The molecule has 3 heteroatoms.